The SMILES string of the molecule is Cc1ccc(S(=O)(=O)N2CCN(CC(=O)N(C)Cc3ccc(C)cc3C)CC2)cc1. The van der Waals surface area contributed by atoms with Crippen molar-refractivity contribution in [1.29, 1.82) is 0 Å². The Hall–Kier alpha value is -2.22. The summed E-state index contributed by atoms with van der Waals surface area (Å²) in [7, 11) is -1.67. The normalized spacial score (nSPS) is 15.9. The third-order valence-corrected chi connectivity index (χ3v) is 7.59. The molecule has 6 nitrogen and oxygen atoms in total. The van der Waals surface area contributed by atoms with Crippen molar-refractivity contribution in [1.82, 2.24) is 14.1 Å². The van der Waals surface area contributed by atoms with Crippen LogP contribution in [0.4, 0.5) is 0 Å². The summed E-state index contributed by atoms with van der Waals surface area (Å²) in [5, 5.41) is 0. The van der Waals surface area contributed by atoms with Crippen LogP contribution < -0.4 is 0 Å². The molecule has 1 fully saturated rings. The van der Waals surface area contributed by atoms with Crippen molar-refractivity contribution in [3.63, 3.8) is 0 Å². The second-order valence-electron chi connectivity index (χ2n) is 8.17. The molecule has 1 aliphatic heterocycles. The number of nitrogens with zero attached hydrogens (tertiary/aromatic N) is 3. The van der Waals surface area contributed by atoms with Gasteiger partial charge in [0.15, 0.2) is 0 Å². The molecule has 2 aromatic carbocycles. The van der Waals surface area contributed by atoms with Crippen LogP contribution in [-0.4, -0.2) is 68.2 Å². The van der Waals surface area contributed by atoms with Crippen molar-refractivity contribution in [3.8, 4) is 0 Å². The molecular formula is C23H31N3O3S. The number of benzene rings is 2. The molecule has 0 spiro atoms. The Balaban J connectivity index is 1.53. The zero-order valence-electron chi connectivity index (χ0n) is 18.3. The van der Waals surface area contributed by atoms with Crippen molar-refractivity contribution in [2.45, 2.75) is 32.2 Å². The molecule has 0 N–H and O–H groups in total. The van der Waals surface area contributed by atoms with Crippen molar-refractivity contribution in [2.24, 2.45) is 0 Å². The minimum atomic E-state index is -3.48. The number of hydrogen-bond donors (Lipinski definition) is 0. The molecule has 0 aliphatic carbocycles. The largest absolute Gasteiger partial charge is 0.340 e. The Labute approximate surface area is 180 Å². The highest BCUT2D eigenvalue weighted by molar-refractivity contribution is 7.89. The van der Waals surface area contributed by atoms with Crippen LogP contribution >= 0.6 is 0 Å². The van der Waals surface area contributed by atoms with Crippen molar-refractivity contribution < 1.29 is 13.2 Å². The molecule has 0 aromatic heterocycles. The predicted molar refractivity (Wildman–Crippen MR) is 119 cm³/mol. The van der Waals surface area contributed by atoms with Gasteiger partial charge in [-0.1, -0.05) is 41.5 Å². The lowest BCUT2D eigenvalue weighted by Gasteiger charge is -2.34. The molecular weight excluding hydrogens is 398 g/mol. The summed E-state index contributed by atoms with van der Waals surface area (Å²) in [5.74, 6) is 0.0461. The maximum atomic E-state index is 12.8. The van der Waals surface area contributed by atoms with E-state index in [1.165, 1.54) is 15.4 Å². The smallest absolute Gasteiger partial charge is 0.243 e. The first-order valence-electron chi connectivity index (χ1n) is 10.3. The van der Waals surface area contributed by atoms with E-state index in [-0.39, 0.29) is 5.91 Å². The highest BCUT2D eigenvalue weighted by atomic mass is 32.2. The average molecular weight is 430 g/mol. The third kappa shape index (κ3) is 5.28. The number of aryl methyl sites for hydroxylation is 3. The van der Waals surface area contributed by atoms with Crippen LogP contribution in [0.25, 0.3) is 0 Å². The summed E-state index contributed by atoms with van der Waals surface area (Å²) in [6.07, 6.45) is 0. The van der Waals surface area contributed by atoms with Gasteiger partial charge in [-0.15, -0.1) is 0 Å². The number of sulfonamides is 1. The van der Waals surface area contributed by atoms with Gasteiger partial charge in [-0.05, 0) is 44.0 Å². The van der Waals surface area contributed by atoms with Crippen LogP contribution in [0.1, 0.15) is 22.3 Å². The minimum absolute atomic E-state index is 0.0461. The van der Waals surface area contributed by atoms with Gasteiger partial charge < -0.3 is 4.90 Å². The Morgan fingerprint density at radius 3 is 2.13 bits per heavy atom. The fourth-order valence-corrected chi connectivity index (χ4v) is 5.09. The molecule has 1 saturated heterocycles. The average Bonchev–Trinajstić information content (AvgIpc) is 2.70. The first kappa shape index (κ1) is 22.5. The summed E-state index contributed by atoms with van der Waals surface area (Å²) in [6, 6.07) is 13.2. The number of carbonyl (C=O) groups excluding carboxylic acids is 1. The molecule has 0 saturated carbocycles. The molecule has 1 amide bonds. The van der Waals surface area contributed by atoms with E-state index in [0.717, 1.165) is 11.1 Å². The number of rotatable bonds is 6. The van der Waals surface area contributed by atoms with Crippen molar-refractivity contribution >= 4 is 15.9 Å². The van der Waals surface area contributed by atoms with Gasteiger partial charge in [-0.25, -0.2) is 8.42 Å². The third-order valence-electron chi connectivity index (χ3n) is 5.68. The van der Waals surface area contributed by atoms with Gasteiger partial charge in [0, 0.05) is 39.8 Å². The second-order valence-corrected chi connectivity index (χ2v) is 10.1. The summed E-state index contributed by atoms with van der Waals surface area (Å²) in [5.41, 5.74) is 4.57. The highest BCUT2D eigenvalue weighted by Gasteiger charge is 2.29. The Morgan fingerprint density at radius 1 is 0.933 bits per heavy atom. The van der Waals surface area contributed by atoms with Crippen LogP contribution in [0.2, 0.25) is 0 Å². The van der Waals surface area contributed by atoms with Gasteiger partial charge in [-0.3, -0.25) is 9.69 Å². The van der Waals surface area contributed by atoms with Gasteiger partial charge in [0.1, 0.15) is 0 Å². The lowest BCUT2D eigenvalue weighted by Crippen LogP contribution is -2.51. The minimum Gasteiger partial charge on any atom is -0.340 e. The molecule has 3 rings (SSSR count). The van der Waals surface area contributed by atoms with Gasteiger partial charge >= 0.3 is 0 Å². The number of hydrogen-bond acceptors (Lipinski definition) is 4. The summed E-state index contributed by atoms with van der Waals surface area (Å²) >= 11 is 0. The molecule has 1 heterocycles. The van der Waals surface area contributed by atoms with E-state index in [0.29, 0.717) is 44.2 Å². The van der Waals surface area contributed by atoms with Crippen LogP contribution in [0.3, 0.4) is 0 Å². The van der Waals surface area contributed by atoms with E-state index in [9.17, 15) is 13.2 Å². The second kappa shape index (κ2) is 9.29. The zero-order valence-corrected chi connectivity index (χ0v) is 19.1. The Kier molecular flexibility index (Phi) is 6.95. The molecule has 1 aliphatic rings. The molecule has 0 radical (unpaired) electrons. The maximum Gasteiger partial charge on any atom is 0.243 e. The van der Waals surface area contributed by atoms with E-state index in [1.807, 2.05) is 31.0 Å². The predicted octanol–water partition coefficient (Wildman–Crippen LogP) is 2.58. The first-order chi connectivity index (χ1) is 14.2. The summed E-state index contributed by atoms with van der Waals surface area (Å²) in [6.45, 7) is 8.82. The van der Waals surface area contributed by atoms with Crippen LogP contribution in [0.15, 0.2) is 47.4 Å². The van der Waals surface area contributed by atoms with Crippen LogP contribution in [0.5, 0.6) is 0 Å². The fourth-order valence-electron chi connectivity index (χ4n) is 3.67. The fraction of sp³-hybridized carbons (Fsp3) is 0.435. The number of amides is 1. The van der Waals surface area contributed by atoms with Gasteiger partial charge in [0.25, 0.3) is 0 Å². The first-order valence-corrected chi connectivity index (χ1v) is 11.7. The molecule has 2 aromatic rings. The van der Waals surface area contributed by atoms with Crippen LogP contribution in [-0.2, 0) is 21.4 Å². The van der Waals surface area contributed by atoms with Crippen LogP contribution in [0, 0.1) is 20.8 Å². The van der Waals surface area contributed by atoms with Gasteiger partial charge in [0.05, 0.1) is 11.4 Å². The summed E-state index contributed by atoms with van der Waals surface area (Å²) in [4.78, 5) is 16.8. The number of likely N-dealkylation sites (N-methyl/N-ethyl adjacent to an activating group) is 1. The zero-order chi connectivity index (χ0) is 21.9. The molecule has 162 valence electrons. The van der Waals surface area contributed by atoms with Gasteiger partial charge in [-0.2, -0.15) is 4.31 Å². The lowest BCUT2D eigenvalue weighted by molar-refractivity contribution is -0.131. The Morgan fingerprint density at radius 2 is 1.53 bits per heavy atom. The molecule has 0 atom stereocenters. The molecule has 0 unspecified atom stereocenters. The van der Waals surface area contributed by atoms with Gasteiger partial charge in [0.2, 0.25) is 15.9 Å². The topological polar surface area (TPSA) is 60.9 Å². The molecule has 30 heavy (non-hydrogen) atoms. The molecule has 0 bridgehead atoms. The quantitative estimate of drug-likeness (QED) is 0.708. The van der Waals surface area contributed by atoms with Crippen molar-refractivity contribution in [2.75, 3.05) is 39.8 Å². The number of piperazine rings is 1. The monoisotopic (exact) mass is 429 g/mol. The van der Waals surface area contributed by atoms with E-state index in [4.69, 9.17) is 0 Å². The number of carbonyl (C=O) groups is 1. The lowest BCUT2D eigenvalue weighted by atomic mass is 10.1. The maximum absolute atomic E-state index is 12.8. The van der Waals surface area contributed by atoms with E-state index in [2.05, 4.69) is 32.0 Å². The van der Waals surface area contributed by atoms with Crippen molar-refractivity contribution in [3.05, 3.63) is 64.7 Å². The van der Waals surface area contributed by atoms with E-state index >= 15 is 0 Å². The standard InChI is InChI=1S/C23H31N3O3S/c1-18-6-9-22(10-7-18)30(28,29)26-13-11-25(12-14-26)17-23(27)24(4)16-21-8-5-19(2)15-20(21)3/h5-10,15H,11-14,16-17H2,1-4H3. The summed E-state index contributed by atoms with van der Waals surface area (Å²) < 4.78 is 27.2. The Bertz CT molecular complexity index is 995. The highest BCUT2D eigenvalue weighted by Crippen LogP contribution is 2.18. The molecule has 7 heteroatoms. The van der Waals surface area contributed by atoms with E-state index in [1.54, 1.807) is 17.0 Å². The van der Waals surface area contributed by atoms with E-state index < -0.39 is 10.0 Å².